The van der Waals surface area contributed by atoms with Gasteiger partial charge in [0, 0.05) is 12.1 Å². The number of carbonyl (C=O) groups is 2. The number of hydrogen-bond donors (Lipinski definition) is 4. The first-order valence-corrected chi connectivity index (χ1v) is 10.3. The van der Waals surface area contributed by atoms with Gasteiger partial charge in [-0.3, -0.25) is 0 Å². The lowest BCUT2D eigenvalue weighted by atomic mass is 10.0. The first kappa shape index (κ1) is 28.5. The van der Waals surface area contributed by atoms with E-state index in [9.17, 15) is 10.2 Å². The smallest absolute Gasteiger partial charge is 0.351 e. The van der Waals surface area contributed by atoms with Gasteiger partial charge in [-0.15, -0.1) is 0 Å². The van der Waals surface area contributed by atoms with Crippen LogP contribution in [0.2, 0.25) is 0 Å². The fourth-order valence-electron chi connectivity index (χ4n) is 2.86. The zero-order valence-corrected chi connectivity index (χ0v) is 19.5. The number of ether oxygens (including phenoxy) is 4. The van der Waals surface area contributed by atoms with Crippen molar-refractivity contribution < 1.29 is 54.3 Å². The monoisotopic (exact) mass is 481 g/mol. The van der Waals surface area contributed by atoms with Crippen LogP contribution in [-0.4, -0.2) is 73.9 Å². The second-order valence-corrected chi connectivity index (χ2v) is 7.10. The van der Waals surface area contributed by atoms with Crippen LogP contribution in [0.1, 0.15) is 18.6 Å². The predicted molar refractivity (Wildman–Crippen MR) is 118 cm³/mol. The van der Waals surface area contributed by atoms with Gasteiger partial charge in [0.15, 0.2) is 17.5 Å². The summed E-state index contributed by atoms with van der Waals surface area (Å²) in [7, 11) is 4.60. The van der Waals surface area contributed by atoms with Crippen LogP contribution >= 0.6 is 0 Å². The van der Waals surface area contributed by atoms with Crippen molar-refractivity contribution in [2.45, 2.75) is 25.2 Å². The van der Waals surface area contributed by atoms with Crippen LogP contribution in [0.5, 0.6) is 23.0 Å². The van der Waals surface area contributed by atoms with Gasteiger partial charge in [-0.2, -0.15) is 0 Å². The molecule has 0 saturated carbocycles. The highest BCUT2D eigenvalue weighted by atomic mass is 16.5. The standard InChI is InChI=1S/C21H29NO6.C2H2O4/c1-14(20(24)15-8-6-5-7-9-15)22-12-16(23)13-28-17-10-18(25-2)21(27-4)19(11-17)26-3;3-1(4)2(5)6/h5-11,14,16,20,22-24H,12-13H2,1-4H3;(H,3,4)(H,5,6). The van der Waals surface area contributed by atoms with Crippen LogP contribution in [0.15, 0.2) is 42.5 Å². The number of nitrogens with two attached hydrogens (primary N) is 1. The minimum absolute atomic E-state index is 0.0989. The molecule has 0 radical (unpaired) electrons. The van der Waals surface area contributed by atoms with Crippen molar-refractivity contribution in [3.63, 3.8) is 0 Å². The molecule has 0 bridgehead atoms. The summed E-state index contributed by atoms with van der Waals surface area (Å²) in [6.45, 7) is 2.42. The molecule has 34 heavy (non-hydrogen) atoms. The Labute approximate surface area is 197 Å². The number of carboxylic acid groups (broad SMARTS) is 2. The summed E-state index contributed by atoms with van der Waals surface area (Å²) in [6.07, 6.45) is -1.31. The summed E-state index contributed by atoms with van der Waals surface area (Å²) in [5.41, 5.74) is 0.856. The Morgan fingerprint density at radius 1 is 1.00 bits per heavy atom. The van der Waals surface area contributed by atoms with E-state index in [0.29, 0.717) is 29.5 Å². The molecule has 3 atom stereocenters. The van der Waals surface area contributed by atoms with Gasteiger partial charge < -0.3 is 49.5 Å². The van der Waals surface area contributed by atoms with Gasteiger partial charge >= 0.3 is 5.97 Å². The van der Waals surface area contributed by atoms with Crippen LogP contribution in [-0.2, 0) is 9.59 Å². The number of carboxylic acids is 2. The van der Waals surface area contributed by atoms with E-state index in [1.807, 2.05) is 42.6 Å². The molecule has 3 unspecified atom stereocenters. The molecule has 0 aliphatic heterocycles. The van der Waals surface area contributed by atoms with Gasteiger partial charge in [0.05, 0.1) is 21.3 Å². The maximum atomic E-state index is 10.4. The molecule has 0 spiro atoms. The van der Waals surface area contributed by atoms with Crippen molar-refractivity contribution in [2.75, 3.05) is 34.5 Å². The number of methoxy groups -OCH3 is 3. The molecule has 0 aliphatic rings. The molecule has 11 heteroatoms. The van der Waals surface area contributed by atoms with Gasteiger partial charge in [-0.1, -0.05) is 30.3 Å². The Balaban J connectivity index is 0.000000852. The van der Waals surface area contributed by atoms with E-state index >= 15 is 0 Å². The minimum atomic E-state index is -2.07. The average Bonchev–Trinajstić information content (AvgIpc) is 2.85. The molecule has 0 heterocycles. The molecule has 0 amide bonds. The second-order valence-electron chi connectivity index (χ2n) is 7.10. The predicted octanol–water partition coefficient (Wildman–Crippen LogP) is -1.04. The van der Waals surface area contributed by atoms with Gasteiger partial charge in [-0.25, -0.2) is 4.79 Å². The lowest BCUT2D eigenvalue weighted by Crippen LogP contribution is -2.92. The van der Waals surface area contributed by atoms with Crippen LogP contribution in [0.4, 0.5) is 0 Å². The summed E-state index contributed by atoms with van der Waals surface area (Å²) < 4.78 is 21.5. The maximum Gasteiger partial charge on any atom is 0.351 e. The number of rotatable bonds is 11. The molecule has 0 aromatic heterocycles. The van der Waals surface area contributed by atoms with Gasteiger partial charge in [-0.05, 0) is 12.5 Å². The van der Waals surface area contributed by atoms with E-state index in [1.165, 1.54) is 21.3 Å². The van der Waals surface area contributed by atoms with E-state index in [1.54, 1.807) is 12.1 Å². The Morgan fingerprint density at radius 2 is 1.53 bits per heavy atom. The third-order valence-electron chi connectivity index (χ3n) is 4.67. The average molecular weight is 481 g/mol. The zero-order chi connectivity index (χ0) is 25.7. The van der Waals surface area contributed by atoms with Gasteiger partial charge in [0.2, 0.25) is 5.75 Å². The minimum Gasteiger partial charge on any atom is -0.539 e. The summed E-state index contributed by atoms with van der Waals surface area (Å²) in [6, 6.07) is 12.7. The molecular weight excluding hydrogens is 450 g/mol. The lowest BCUT2D eigenvalue weighted by molar-refractivity contribution is -0.699. The van der Waals surface area contributed by atoms with E-state index in [4.69, 9.17) is 38.7 Å². The van der Waals surface area contributed by atoms with Crippen LogP contribution in [0.3, 0.4) is 0 Å². The molecular formula is C23H31NO10. The van der Waals surface area contributed by atoms with Crippen molar-refractivity contribution >= 4 is 11.9 Å². The van der Waals surface area contributed by atoms with Gasteiger partial charge in [0.25, 0.3) is 0 Å². The topological polar surface area (TPSA) is 171 Å². The number of carbonyl (C=O) groups excluding carboxylic acids is 1. The molecule has 0 aliphatic carbocycles. The van der Waals surface area contributed by atoms with Crippen molar-refractivity contribution in [2.24, 2.45) is 0 Å². The fraction of sp³-hybridized carbons (Fsp3) is 0.391. The highest BCUT2D eigenvalue weighted by molar-refractivity contribution is 6.26. The Bertz CT molecular complexity index is 869. The van der Waals surface area contributed by atoms with Crippen molar-refractivity contribution in [3.05, 3.63) is 48.0 Å². The SMILES string of the molecule is COc1cc(OCC(O)C[NH2+]C(C)C(O)c2ccccc2)cc(OC)c1OC.O=C([O-])C(=O)O. The van der Waals surface area contributed by atoms with Crippen molar-refractivity contribution in [3.8, 4) is 23.0 Å². The van der Waals surface area contributed by atoms with E-state index < -0.39 is 24.1 Å². The molecule has 0 saturated heterocycles. The largest absolute Gasteiger partial charge is 0.539 e. The highest BCUT2D eigenvalue weighted by Crippen LogP contribution is 2.40. The normalized spacial score (nSPS) is 12.9. The van der Waals surface area contributed by atoms with Crippen LogP contribution in [0.25, 0.3) is 0 Å². The summed E-state index contributed by atoms with van der Waals surface area (Å²) in [4.78, 5) is 18.0. The molecule has 2 aromatic rings. The summed E-state index contributed by atoms with van der Waals surface area (Å²) in [5.74, 6) is -2.05. The highest BCUT2D eigenvalue weighted by Gasteiger charge is 2.21. The Morgan fingerprint density at radius 3 is 1.97 bits per heavy atom. The van der Waals surface area contributed by atoms with Crippen molar-refractivity contribution in [1.82, 2.24) is 0 Å². The quantitative estimate of drug-likeness (QED) is 0.291. The number of quaternary nitrogens is 1. The molecule has 2 aromatic carbocycles. The van der Waals surface area contributed by atoms with Crippen LogP contribution < -0.4 is 29.4 Å². The molecule has 5 N–H and O–H groups in total. The summed E-state index contributed by atoms with van der Waals surface area (Å²) in [5, 5.41) is 38.9. The zero-order valence-electron chi connectivity index (χ0n) is 19.5. The first-order valence-electron chi connectivity index (χ1n) is 10.3. The molecule has 2 rings (SSSR count). The number of aliphatic hydroxyl groups is 2. The second kappa shape index (κ2) is 14.6. The molecule has 188 valence electrons. The number of aliphatic hydroxyl groups excluding tert-OH is 2. The lowest BCUT2D eigenvalue weighted by Gasteiger charge is -2.20. The first-order chi connectivity index (χ1) is 16.1. The third kappa shape index (κ3) is 9.14. The van der Waals surface area contributed by atoms with Crippen molar-refractivity contribution in [1.29, 1.82) is 0 Å². The fourth-order valence-corrected chi connectivity index (χ4v) is 2.86. The summed E-state index contributed by atoms with van der Waals surface area (Å²) >= 11 is 0. The maximum absolute atomic E-state index is 10.4. The van der Waals surface area contributed by atoms with E-state index in [2.05, 4.69) is 0 Å². The van der Waals surface area contributed by atoms with E-state index in [0.717, 1.165) is 5.56 Å². The number of hydrogen-bond acceptors (Lipinski definition) is 9. The number of aliphatic carboxylic acids is 2. The Kier molecular flexibility index (Phi) is 12.2. The Hall–Kier alpha value is -3.54. The van der Waals surface area contributed by atoms with Gasteiger partial charge in [0.1, 0.15) is 37.2 Å². The third-order valence-corrected chi connectivity index (χ3v) is 4.67. The molecule has 0 fully saturated rings. The van der Waals surface area contributed by atoms with E-state index in [-0.39, 0.29) is 12.6 Å². The molecule has 11 nitrogen and oxygen atoms in total. The number of benzene rings is 2. The van der Waals surface area contributed by atoms with Crippen LogP contribution in [0, 0.1) is 0 Å².